The summed E-state index contributed by atoms with van der Waals surface area (Å²) < 4.78 is 66.5. The number of pyridine rings is 1. The molecule has 1 aliphatic rings. The lowest BCUT2D eigenvalue weighted by Crippen LogP contribution is -2.42. The van der Waals surface area contributed by atoms with Crippen LogP contribution in [0.2, 0.25) is 0 Å². The van der Waals surface area contributed by atoms with Crippen molar-refractivity contribution in [3.8, 4) is 17.3 Å². The topological polar surface area (TPSA) is 87.8 Å². The minimum atomic E-state index is -4.70. The van der Waals surface area contributed by atoms with E-state index in [0.717, 1.165) is 18.2 Å². The van der Waals surface area contributed by atoms with Crippen LogP contribution in [0.4, 0.5) is 13.2 Å². The molecule has 0 saturated carbocycles. The van der Waals surface area contributed by atoms with Gasteiger partial charge in [0.1, 0.15) is 17.8 Å². The Labute approximate surface area is 182 Å². The van der Waals surface area contributed by atoms with Gasteiger partial charge in [-0.15, -0.1) is 0 Å². The van der Waals surface area contributed by atoms with Crippen molar-refractivity contribution in [2.45, 2.75) is 31.0 Å². The highest BCUT2D eigenvalue weighted by Gasteiger charge is 2.38. The first-order valence-corrected chi connectivity index (χ1v) is 11.0. The minimum Gasteiger partial charge on any atom is -0.293 e. The van der Waals surface area contributed by atoms with E-state index in [1.54, 1.807) is 15.5 Å². The molecule has 1 aromatic carbocycles. The summed E-state index contributed by atoms with van der Waals surface area (Å²) in [5.74, 6) is 0. The number of sulfonamides is 1. The Morgan fingerprint density at radius 3 is 2.41 bits per heavy atom. The predicted octanol–water partition coefficient (Wildman–Crippen LogP) is 4.52. The minimum absolute atomic E-state index is 0.310. The van der Waals surface area contributed by atoms with Crippen molar-refractivity contribution in [2.75, 3.05) is 0 Å². The number of nitriles is 1. The molecule has 0 amide bonds. The molecule has 0 unspecified atom stereocenters. The second-order valence-corrected chi connectivity index (χ2v) is 9.13. The number of alkyl halides is 3. The quantitative estimate of drug-likeness (QED) is 0.609. The number of aryl methyl sites for hydroxylation is 1. The van der Waals surface area contributed by atoms with Crippen molar-refractivity contribution in [1.82, 2.24) is 14.3 Å². The van der Waals surface area contributed by atoms with Gasteiger partial charge in [0.2, 0.25) is 10.0 Å². The Morgan fingerprint density at radius 1 is 1.22 bits per heavy atom. The monoisotopic (exact) mass is 458 g/mol. The maximum absolute atomic E-state index is 12.8. The van der Waals surface area contributed by atoms with E-state index < -0.39 is 22.2 Å². The first kappa shape index (κ1) is 21.8. The molecule has 32 heavy (non-hydrogen) atoms. The van der Waals surface area contributed by atoms with Gasteiger partial charge in [-0.2, -0.15) is 23.2 Å². The average Bonchev–Trinajstić information content (AvgIpc) is 2.99. The highest BCUT2D eigenvalue weighted by molar-refractivity contribution is 7.89. The van der Waals surface area contributed by atoms with Gasteiger partial charge in [-0.1, -0.05) is 18.2 Å². The first-order chi connectivity index (χ1) is 15.0. The number of nitrogens with one attached hydrogen (secondary N) is 1. The lowest BCUT2D eigenvalue weighted by molar-refractivity contribution is -0.147. The molecule has 0 aliphatic heterocycles. The molecule has 4 rings (SSSR count). The smallest absolute Gasteiger partial charge is 0.293 e. The summed E-state index contributed by atoms with van der Waals surface area (Å²) in [4.78, 5) is 4.17. The van der Waals surface area contributed by atoms with Crippen LogP contribution in [-0.2, 0) is 10.0 Å². The average molecular weight is 458 g/mol. The summed E-state index contributed by atoms with van der Waals surface area (Å²) in [5, 5.41) is 10.5. The van der Waals surface area contributed by atoms with Gasteiger partial charge in [0, 0.05) is 22.8 Å². The second-order valence-electron chi connectivity index (χ2n) is 7.41. The Bertz CT molecular complexity index is 1430. The Hall–Kier alpha value is -3.42. The summed E-state index contributed by atoms with van der Waals surface area (Å²) in [7, 11) is -4.38. The molecule has 0 saturated heterocycles. The third-order valence-corrected chi connectivity index (χ3v) is 6.67. The summed E-state index contributed by atoms with van der Waals surface area (Å²) in [6.07, 6.45) is 2.54. The number of halogens is 3. The molecule has 0 fully saturated rings. The van der Waals surface area contributed by atoms with Crippen molar-refractivity contribution >= 4 is 26.8 Å². The Balaban J connectivity index is 1.82. The third kappa shape index (κ3) is 3.70. The fourth-order valence-corrected chi connectivity index (χ4v) is 4.63. The lowest BCUT2D eigenvalue weighted by atomic mass is 10.1. The number of aromatic nitrogens is 2. The Morgan fingerprint density at radius 2 is 1.88 bits per heavy atom. The van der Waals surface area contributed by atoms with Crippen molar-refractivity contribution < 1.29 is 21.6 Å². The molecule has 1 atom stereocenters. The molecule has 0 spiro atoms. The summed E-state index contributed by atoms with van der Waals surface area (Å²) >= 11 is 0. The maximum Gasteiger partial charge on any atom is 0.404 e. The second kappa shape index (κ2) is 7.62. The normalized spacial score (nSPS) is 14.7. The van der Waals surface area contributed by atoms with Crippen LogP contribution in [0.15, 0.2) is 59.7 Å². The molecule has 164 valence electrons. The van der Waals surface area contributed by atoms with Gasteiger partial charge in [-0.05, 0) is 49.8 Å². The number of hydrogen-bond donors (Lipinski definition) is 1. The van der Waals surface area contributed by atoms with Crippen molar-refractivity contribution in [3.05, 3.63) is 65.9 Å². The fraction of sp³-hybridized carbons (Fsp3) is 0.182. The fourth-order valence-electron chi connectivity index (χ4n) is 3.40. The SMILES string of the molecule is Cc1cnc2c(c1)c(C#N)c(-c1ccc(S(=O)(=O)N[C@@H](C)C(F)(F)F)cc1)n2C1=CC=C1. The van der Waals surface area contributed by atoms with Gasteiger partial charge in [0.25, 0.3) is 0 Å². The zero-order valence-corrected chi connectivity index (χ0v) is 17.8. The van der Waals surface area contributed by atoms with E-state index >= 15 is 0 Å². The van der Waals surface area contributed by atoms with Crippen molar-refractivity contribution in [3.63, 3.8) is 0 Å². The highest BCUT2D eigenvalue weighted by Crippen LogP contribution is 2.37. The molecule has 10 heteroatoms. The van der Waals surface area contributed by atoms with Crippen LogP contribution in [-0.4, -0.2) is 30.2 Å². The van der Waals surface area contributed by atoms with Crippen LogP contribution in [0, 0.1) is 18.3 Å². The first-order valence-electron chi connectivity index (χ1n) is 9.52. The van der Waals surface area contributed by atoms with E-state index in [1.807, 2.05) is 31.2 Å². The maximum atomic E-state index is 12.8. The lowest BCUT2D eigenvalue weighted by Gasteiger charge is -2.18. The molecule has 1 aliphatic carbocycles. The van der Waals surface area contributed by atoms with Gasteiger partial charge in [0.15, 0.2) is 0 Å². The van der Waals surface area contributed by atoms with Crippen molar-refractivity contribution in [2.24, 2.45) is 0 Å². The van der Waals surface area contributed by atoms with E-state index in [0.29, 0.717) is 27.9 Å². The summed E-state index contributed by atoms with van der Waals surface area (Å²) in [5.41, 5.74) is 3.69. The van der Waals surface area contributed by atoms with E-state index in [4.69, 9.17) is 0 Å². The number of nitrogens with zero attached hydrogens (tertiary/aromatic N) is 3. The highest BCUT2D eigenvalue weighted by atomic mass is 32.2. The van der Waals surface area contributed by atoms with Crippen LogP contribution in [0.25, 0.3) is 28.0 Å². The summed E-state index contributed by atoms with van der Waals surface area (Å²) in [6.45, 7) is 2.60. The molecule has 0 radical (unpaired) electrons. The molecule has 3 aromatic rings. The van der Waals surface area contributed by atoms with Crippen LogP contribution >= 0.6 is 0 Å². The molecular formula is C22H17F3N4O2S. The molecular weight excluding hydrogens is 441 g/mol. The van der Waals surface area contributed by atoms with E-state index in [9.17, 15) is 26.9 Å². The van der Waals surface area contributed by atoms with Gasteiger partial charge in [0.05, 0.1) is 16.2 Å². The zero-order chi connectivity index (χ0) is 23.3. The number of benzene rings is 1. The van der Waals surface area contributed by atoms with Gasteiger partial charge >= 0.3 is 6.18 Å². The molecule has 2 aromatic heterocycles. The van der Waals surface area contributed by atoms with Crippen molar-refractivity contribution in [1.29, 1.82) is 5.26 Å². The van der Waals surface area contributed by atoms with E-state index in [-0.39, 0.29) is 4.90 Å². The van der Waals surface area contributed by atoms with Crippen LogP contribution in [0.1, 0.15) is 18.1 Å². The predicted molar refractivity (Wildman–Crippen MR) is 114 cm³/mol. The van der Waals surface area contributed by atoms with Gasteiger partial charge in [-0.25, -0.2) is 13.4 Å². The standard InChI is InChI=1S/C22H17F3N4O2S/c1-13-10-18-19(11-26)20(29(16-4-3-5-16)21(18)27-12-13)15-6-8-17(9-7-15)32(30,31)28-14(2)22(23,24)25/h3-10,12,14,28H,1-2H3/t14-/m0/s1. The largest absolute Gasteiger partial charge is 0.404 e. The van der Waals surface area contributed by atoms with Crippen LogP contribution in [0.3, 0.4) is 0 Å². The van der Waals surface area contributed by atoms with Crippen LogP contribution in [0.5, 0.6) is 0 Å². The molecule has 1 N–H and O–H groups in total. The molecule has 0 bridgehead atoms. The molecule has 6 nitrogen and oxygen atoms in total. The Kier molecular flexibility index (Phi) is 5.19. The van der Waals surface area contributed by atoms with Gasteiger partial charge < -0.3 is 0 Å². The molecule has 2 heterocycles. The number of fused-ring (bicyclic) bond motifs is 1. The van der Waals surface area contributed by atoms with Gasteiger partial charge in [-0.3, -0.25) is 4.57 Å². The third-order valence-electron chi connectivity index (χ3n) is 5.11. The number of rotatable bonds is 5. The number of hydrogen-bond acceptors (Lipinski definition) is 4. The zero-order valence-electron chi connectivity index (χ0n) is 17.0. The summed E-state index contributed by atoms with van der Waals surface area (Å²) in [6, 6.07) is 7.19. The van der Waals surface area contributed by atoms with E-state index in [1.165, 1.54) is 24.3 Å². The number of allylic oxidation sites excluding steroid dienone is 4. The van der Waals surface area contributed by atoms with E-state index in [2.05, 4.69) is 11.1 Å². The van der Waals surface area contributed by atoms with Crippen LogP contribution < -0.4 is 4.72 Å².